The van der Waals surface area contributed by atoms with Gasteiger partial charge >= 0.3 is 0 Å². The van der Waals surface area contributed by atoms with E-state index in [1.807, 2.05) is 56.3 Å². The number of likely N-dealkylation sites (N-methyl/N-ethyl adjacent to an activating group) is 1. The standard InChI is InChI=1S/C20H21N3O2/c1-13-8-9-14(2)18(10-13)22-19(24)12-23(3)20(25)16-11-21-17-7-5-4-6-15(16)17/h4-11,21H,12H2,1-3H3,(H,22,24). The maximum Gasteiger partial charge on any atom is 0.256 e. The molecule has 0 aliphatic carbocycles. The Bertz CT molecular complexity index is 943. The van der Waals surface area contributed by atoms with Crippen molar-refractivity contribution in [2.45, 2.75) is 13.8 Å². The molecule has 2 amide bonds. The Morgan fingerprint density at radius 3 is 2.68 bits per heavy atom. The molecule has 25 heavy (non-hydrogen) atoms. The summed E-state index contributed by atoms with van der Waals surface area (Å²) in [6.07, 6.45) is 1.69. The first-order valence-electron chi connectivity index (χ1n) is 8.14. The number of carbonyl (C=O) groups excluding carboxylic acids is 2. The van der Waals surface area contributed by atoms with Crippen LogP contribution in [0.2, 0.25) is 0 Å². The van der Waals surface area contributed by atoms with Crippen molar-refractivity contribution >= 4 is 28.4 Å². The van der Waals surface area contributed by atoms with E-state index >= 15 is 0 Å². The lowest BCUT2D eigenvalue weighted by Crippen LogP contribution is -2.35. The quantitative estimate of drug-likeness (QED) is 0.766. The molecular formula is C20H21N3O2. The summed E-state index contributed by atoms with van der Waals surface area (Å²) in [6, 6.07) is 13.5. The van der Waals surface area contributed by atoms with Gasteiger partial charge in [0.25, 0.3) is 5.91 Å². The second-order valence-electron chi connectivity index (χ2n) is 6.28. The normalized spacial score (nSPS) is 10.7. The maximum absolute atomic E-state index is 12.7. The van der Waals surface area contributed by atoms with Crippen molar-refractivity contribution in [3.05, 3.63) is 65.4 Å². The third-order valence-electron chi connectivity index (χ3n) is 4.21. The second-order valence-corrected chi connectivity index (χ2v) is 6.28. The van der Waals surface area contributed by atoms with Crippen molar-refractivity contribution < 1.29 is 9.59 Å². The number of nitrogens with one attached hydrogen (secondary N) is 2. The van der Waals surface area contributed by atoms with Crippen LogP contribution in [0.1, 0.15) is 21.5 Å². The molecule has 2 N–H and O–H groups in total. The van der Waals surface area contributed by atoms with E-state index in [4.69, 9.17) is 0 Å². The number of fused-ring (bicyclic) bond motifs is 1. The molecular weight excluding hydrogens is 314 g/mol. The average Bonchev–Trinajstić information content (AvgIpc) is 3.01. The van der Waals surface area contributed by atoms with Crippen LogP contribution in [0.5, 0.6) is 0 Å². The molecule has 1 heterocycles. The minimum Gasteiger partial charge on any atom is -0.360 e. The van der Waals surface area contributed by atoms with Crippen LogP contribution in [0.4, 0.5) is 5.69 Å². The molecule has 128 valence electrons. The fourth-order valence-electron chi connectivity index (χ4n) is 2.80. The fraction of sp³-hybridized carbons (Fsp3) is 0.200. The first-order valence-corrected chi connectivity index (χ1v) is 8.14. The molecule has 0 aliphatic rings. The van der Waals surface area contributed by atoms with E-state index in [0.717, 1.165) is 27.7 Å². The molecule has 5 nitrogen and oxygen atoms in total. The number of aryl methyl sites for hydroxylation is 2. The Hall–Kier alpha value is -3.08. The molecule has 0 spiro atoms. The molecule has 0 aliphatic heterocycles. The Morgan fingerprint density at radius 1 is 1.12 bits per heavy atom. The van der Waals surface area contributed by atoms with Gasteiger partial charge in [-0.15, -0.1) is 0 Å². The highest BCUT2D eigenvalue weighted by atomic mass is 16.2. The zero-order chi connectivity index (χ0) is 18.0. The van der Waals surface area contributed by atoms with Gasteiger partial charge in [-0.1, -0.05) is 30.3 Å². The van der Waals surface area contributed by atoms with Gasteiger partial charge in [-0.25, -0.2) is 0 Å². The highest BCUT2D eigenvalue weighted by Crippen LogP contribution is 2.19. The summed E-state index contributed by atoms with van der Waals surface area (Å²) in [5.41, 5.74) is 4.31. The van der Waals surface area contributed by atoms with Gasteiger partial charge in [0.1, 0.15) is 0 Å². The Morgan fingerprint density at radius 2 is 1.88 bits per heavy atom. The molecule has 0 radical (unpaired) electrons. The number of H-pyrrole nitrogens is 1. The number of rotatable bonds is 4. The molecule has 0 saturated heterocycles. The summed E-state index contributed by atoms with van der Waals surface area (Å²) in [4.78, 5) is 29.5. The van der Waals surface area contributed by atoms with Crippen molar-refractivity contribution in [2.75, 3.05) is 18.9 Å². The fourth-order valence-corrected chi connectivity index (χ4v) is 2.80. The largest absolute Gasteiger partial charge is 0.360 e. The molecule has 3 rings (SSSR count). The lowest BCUT2D eigenvalue weighted by atomic mass is 10.1. The van der Waals surface area contributed by atoms with Gasteiger partial charge in [-0.3, -0.25) is 9.59 Å². The highest BCUT2D eigenvalue weighted by Gasteiger charge is 2.18. The van der Waals surface area contributed by atoms with E-state index in [9.17, 15) is 9.59 Å². The van der Waals surface area contributed by atoms with Crippen LogP contribution in [-0.2, 0) is 4.79 Å². The molecule has 0 saturated carbocycles. The van der Waals surface area contributed by atoms with Crippen LogP contribution in [0.25, 0.3) is 10.9 Å². The number of carbonyl (C=O) groups is 2. The second kappa shape index (κ2) is 6.81. The van der Waals surface area contributed by atoms with Gasteiger partial charge in [0.2, 0.25) is 5.91 Å². The molecule has 0 bridgehead atoms. The number of benzene rings is 2. The smallest absolute Gasteiger partial charge is 0.256 e. The number of hydrogen-bond donors (Lipinski definition) is 2. The van der Waals surface area contributed by atoms with E-state index < -0.39 is 0 Å². The highest BCUT2D eigenvalue weighted by molar-refractivity contribution is 6.08. The number of anilines is 1. The van der Waals surface area contributed by atoms with Crippen molar-refractivity contribution in [2.24, 2.45) is 0 Å². The average molecular weight is 335 g/mol. The molecule has 0 unspecified atom stereocenters. The predicted molar refractivity (Wildman–Crippen MR) is 99.8 cm³/mol. The van der Waals surface area contributed by atoms with Crippen molar-refractivity contribution in [3.63, 3.8) is 0 Å². The summed E-state index contributed by atoms with van der Waals surface area (Å²) in [5, 5.41) is 3.73. The first-order chi connectivity index (χ1) is 12.0. The van der Waals surface area contributed by atoms with Gasteiger partial charge in [0.05, 0.1) is 12.1 Å². The number of para-hydroxylation sites is 1. The van der Waals surface area contributed by atoms with Crippen LogP contribution in [-0.4, -0.2) is 35.3 Å². The molecule has 2 aromatic carbocycles. The van der Waals surface area contributed by atoms with Gasteiger partial charge in [0.15, 0.2) is 0 Å². The number of hydrogen-bond acceptors (Lipinski definition) is 2. The Labute approximate surface area is 146 Å². The number of aromatic nitrogens is 1. The van der Waals surface area contributed by atoms with E-state index in [2.05, 4.69) is 10.3 Å². The topological polar surface area (TPSA) is 65.2 Å². The predicted octanol–water partition coefficient (Wildman–Crippen LogP) is 3.50. The zero-order valence-electron chi connectivity index (χ0n) is 14.6. The molecule has 0 fully saturated rings. The number of nitrogens with zero attached hydrogens (tertiary/aromatic N) is 1. The summed E-state index contributed by atoms with van der Waals surface area (Å²) in [5.74, 6) is -0.405. The van der Waals surface area contributed by atoms with Gasteiger partial charge in [-0.2, -0.15) is 0 Å². The summed E-state index contributed by atoms with van der Waals surface area (Å²) in [7, 11) is 1.63. The lowest BCUT2D eigenvalue weighted by molar-refractivity contribution is -0.116. The van der Waals surface area contributed by atoms with Crippen LogP contribution in [0, 0.1) is 13.8 Å². The van der Waals surface area contributed by atoms with Crippen LogP contribution >= 0.6 is 0 Å². The SMILES string of the molecule is Cc1ccc(C)c(NC(=O)CN(C)C(=O)c2c[nH]c3ccccc23)c1. The summed E-state index contributed by atoms with van der Waals surface area (Å²) >= 11 is 0. The van der Waals surface area contributed by atoms with E-state index in [1.54, 1.807) is 13.2 Å². The van der Waals surface area contributed by atoms with Crippen LogP contribution in [0.3, 0.4) is 0 Å². The summed E-state index contributed by atoms with van der Waals surface area (Å²) < 4.78 is 0. The minimum atomic E-state index is -0.218. The first kappa shape index (κ1) is 16.8. The van der Waals surface area contributed by atoms with Gasteiger partial charge in [-0.05, 0) is 37.1 Å². The third-order valence-corrected chi connectivity index (χ3v) is 4.21. The zero-order valence-corrected chi connectivity index (χ0v) is 14.6. The molecule has 0 atom stereocenters. The Kier molecular flexibility index (Phi) is 4.57. The monoisotopic (exact) mass is 335 g/mol. The van der Waals surface area contributed by atoms with Gasteiger partial charge < -0.3 is 15.2 Å². The third kappa shape index (κ3) is 3.55. The van der Waals surface area contributed by atoms with Crippen LogP contribution in [0.15, 0.2) is 48.7 Å². The number of aromatic amines is 1. The molecule has 1 aromatic heterocycles. The van der Waals surface area contributed by atoms with Gasteiger partial charge in [0, 0.05) is 29.8 Å². The summed E-state index contributed by atoms with van der Waals surface area (Å²) in [6.45, 7) is 3.91. The van der Waals surface area contributed by atoms with E-state index in [1.165, 1.54) is 4.90 Å². The van der Waals surface area contributed by atoms with Crippen molar-refractivity contribution in [1.82, 2.24) is 9.88 Å². The van der Waals surface area contributed by atoms with Crippen molar-refractivity contribution in [1.29, 1.82) is 0 Å². The maximum atomic E-state index is 12.7. The lowest BCUT2D eigenvalue weighted by Gasteiger charge is -2.17. The van der Waals surface area contributed by atoms with Crippen molar-refractivity contribution in [3.8, 4) is 0 Å². The van der Waals surface area contributed by atoms with Crippen LogP contribution < -0.4 is 5.32 Å². The molecule has 5 heteroatoms. The minimum absolute atomic E-state index is 0.00821. The van der Waals surface area contributed by atoms with E-state index in [-0.39, 0.29) is 18.4 Å². The van der Waals surface area contributed by atoms with E-state index in [0.29, 0.717) is 5.56 Å². The Balaban J connectivity index is 1.71. The number of amides is 2. The molecule has 3 aromatic rings.